The van der Waals surface area contributed by atoms with Gasteiger partial charge in [-0.25, -0.2) is 0 Å². The molecule has 0 bridgehead atoms. The molecule has 1 saturated carbocycles. The highest BCUT2D eigenvalue weighted by Gasteiger charge is 2.33. The predicted molar refractivity (Wildman–Crippen MR) is 89.4 cm³/mol. The summed E-state index contributed by atoms with van der Waals surface area (Å²) in [6.45, 7) is 6.56. The van der Waals surface area contributed by atoms with Crippen molar-refractivity contribution in [2.75, 3.05) is 0 Å². The second kappa shape index (κ2) is 6.03. The monoisotopic (exact) mass is 279 g/mol. The fraction of sp³-hybridized carbons (Fsp3) is 0.400. The zero-order valence-electron chi connectivity index (χ0n) is 13.3. The first-order chi connectivity index (χ1) is 10.1. The Kier molecular flexibility index (Phi) is 4.12. The van der Waals surface area contributed by atoms with E-state index in [0.717, 1.165) is 5.92 Å². The van der Waals surface area contributed by atoms with E-state index in [9.17, 15) is 0 Å². The molecule has 2 aromatic rings. The Morgan fingerprint density at radius 3 is 1.76 bits per heavy atom. The summed E-state index contributed by atoms with van der Waals surface area (Å²) >= 11 is 0. The number of rotatable bonds is 5. The highest BCUT2D eigenvalue weighted by molar-refractivity contribution is 5.28. The number of aryl methyl sites for hydroxylation is 2. The van der Waals surface area contributed by atoms with Gasteiger partial charge in [0.05, 0.1) is 0 Å². The summed E-state index contributed by atoms with van der Waals surface area (Å²) in [6.07, 6.45) is 2.71. The summed E-state index contributed by atoms with van der Waals surface area (Å²) in [4.78, 5) is 0. The van der Waals surface area contributed by atoms with E-state index in [2.05, 4.69) is 74.6 Å². The van der Waals surface area contributed by atoms with Gasteiger partial charge in [-0.05, 0) is 50.7 Å². The Bertz CT molecular complexity index is 578. The lowest BCUT2D eigenvalue weighted by Gasteiger charge is -2.24. The van der Waals surface area contributed by atoms with Crippen LogP contribution in [-0.2, 0) is 0 Å². The molecule has 1 aliphatic rings. The van der Waals surface area contributed by atoms with Gasteiger partial charge in [-0.1, -0.05) is 59.7 Å². The molecular formula is C20H25N. The fourth-order valence-electron chi connectivity index (χ4n) is 2.93. The van der Waals surface area contributed by atoms with E-state index in [1.165, 1.54) is 35.1 Å². The van der Waals surface area contributed by atoms with E-state index in [1.54, 1.807) is 0 Å². The first-order valence-electron chi connectivity index (χ1n) is 8.02. The SMILES string of the molecule is Cc1ccc(C(C)NC(c2ccc(C)cc2)C2CC2)cc1. The van der Waals surface area contributed by atoms with Crippen LogP contribution in [0.3, 0.4) is 0 Å². The van der Waals surface area contributed by atoms with E-state index in [4.69, 9.17) is 0 Å². The van der Waals surface area contributed by atoms with Gasteiger partial charge in [-0.2, -0.15) is 0 Å². The maximum atomic E-state index is 3.85. The van der Waals surface area contributed by atoms with E-state index in [0.29, 0.717) is 12.1 Å². The predicted octanol–water partition coefficient (Wildman–Crippen LogP) is 5.11. The zero-order valence-corrected chi connectivity index (χ0v) is 13.3. The van der Waals surface area contributed by atoms with Gasteiger partial charge in [0.1, 0.15) is 0 Å². The molecule has 0 radical (unpaired) electrons. The molecule has 1 aliphatic carbocycles. The van der Waals surface area contributed by atoms with Gasteiger partial charge in [-0.3, -0.25) is 0 Å². The summed E-state index contributed by atoms with van der Waals surface area (Å²) < 4.78 is 0. The van der Waals surface area contributed by atoms with Crippen LogP contribution in [0.25, 0.3) is 0 Å². The zero-order chi connectivity index (χ0) is 14.8. The van der Waals surface area contributed by atoms with Crippen LogP contribution in [0.1, 0.15) is 54.1 Å². The van der Waals surface area contributed by atoms with Crippen LogP contribution in [-0.4, -0.2) is 0 Å². The molecule has 0 amide bonds. The molecule has 1 heteroatoms. The normalized spacial score (nSPS) is 17.5. The van der Waals surface area contributed by atoms with E-state index >= 15 is 0 Å². The number of nitrogens with one attached hydrogen (secondary N) is 1. The molecule has 0 saturated heterocycles. The third-order valence-electron chi connectivity index (χ3n) is 4.54. The minimum absolute atomic E-state index is 0.387. The van der Waals surface area contributed by atoms with Crippen molar-refractivity contribution in [2.24, 2.45) is 5.92 Å². The van der Waals surface area contributed by atoms with Crippen LogP contribution in [0.5, 0.6) is 0 Å². The van der Waals surface area contributed by atoms with Crippen molar-refractivity contribution in [1.82, 2.24) is 5.32 Å². The molecular weight excluding hydrogens is 254 g/mol. The Morgan fingerprint density at radius 1 is 0.810 bits per heavy atom. The second-order valence-corrected chi connectivity index (χ2v) is 6.52. The second-order valence-electron chi connectivity index (χ2n) is 6.52. The summed E-state index contributed by atoms with van der Waals surface area (Å²) in [5, 5.41) is 3.85. The van der Waals surface area contributed by atoms with Crippen molar-refractivity contribution in [3.05, 3.63) is 70.8 Å². The van der Waals surface area contributed by atoms with Crippen molar-refractivity contribution in [2.45, 2.75) is 45.7 Å². The van der Waals surface area contributed by atoms with Crippen LogP contribution in [0, 0.1) is 19.8 Å². The molecule has 0 aliphatic heterocycles. The van der Waals surface area contributed by atoms with Gasteiger partial charge in [0, 0.05) is 12.1 Å². The Labute approximate surface area is 128 Å². The average molecular weight is 279 g/mol. The van der Waals surface area contributed by atoms with Crippen LogP contribution in [0.4, 0.5) is 0 Å². The Morgan fingerprint density at radius 2 is 1.29 bits per heavy atom. The van der Waals surface area contributed by atoms with Gasteiger partial charge in [-0.15, -0.1) is 0 Å². The van der Waals surface area contributed by atoms with Gasteiger partial charge in [0.15, 0.2) is 0 Å². The van der Waals surface area contributed by atoms with Crippen LogP contribution in [0.2, 0.25) is 0 Å². The molecule has 2 atom stereocenters. The maximum Gasteiger partial charge on any atom is 0.0353 e. The summed E-state index contributed by atoms with van der Waals surface area (Å²) in [6, 6.07) is 18.8. The molecule has 0 heterocycles. The van der Waals surface area contributed by atoms with Crippen molar-refractivity contribution in [3.63, 3.8) is 0 Å². The highest BCUT2D eigenvalue weighted by atomic mass is 15.0. The summed E-state index contributed by atoms with van der Waals surface area (Å²) in [5.41, 5.74) is 5.46. The van der Waals surface area contributed by atoms with E-state index in [1.807, 2.05) is 0 Å². The minimum atomic E-state index is 0.387. The van der Waals surface area contributed by atoms with Gasteiger partial charge in [0.25, 0.3) is 0 Å². The first kappa shape index (κ1) is 14.3. The lowest BCUT2D eigenvalue weighted by Crippen LogP contribution is -2.26. The first-order valence-corrected chi connectivity index (χ1v) is 8.02. The van der Waals surface area contributed by atoms with Crippen LogP contribution >= 0.6 is 0 Å². The highest BCUT2D eigenvalue weighted by Crippen LogP contribution is 2.42. The molecule has 1 fully saturated rings. The summed E-state index contributed by atoms with van der Waals surface area (Å²) in [5.74, 6) is 0.806. The smallest absolute Gasteiger partial charge is 0.0353 e. The molecule has 1 N–H and O–H groups in total. The average Bonchev–Trinajstić information content (AvgIpc) is 3.31. The van der Waals surface area contributed by atoms with Crippen LogP contribution < -0.4 is 5.32 Å². The minimum Gasteiger partial charge on any atom is -0.303 e. The molecule has 110 valence electrons. The topological polar surface area (TPSA) is 12.0 Å². The summed E-state index contributed by atoms with van der Waals surface area (Å²) in [7, 11) is 0. The van der Waals surface area contributed by atoms with Crippen molar-refractivity contribution >= 4 is 0 Å². The van der Waals surface area contributed by atoms with E-state index in [-0.39, 0.29) is 0 Å². The van der Waals surface area contributed by atoms with Gasteiger partial charge < -0.3 is 5.32 Å². The molecule has 3 rings (SSSR count). The van der Waals surface area contributed by atoms with Gasteiger partial charge in [0.2, 0.25) is 0 Å². The third kappa shape index (κ3) is 3.54. The molecule has 2 unspecified atom stereocenters. The van der Waals surface area contributed by atoms with Crippen molar-refractivity contribution in [3.8, 4) is 0 Å². The number of benzene rings is 2. The van der Waals surface area contributed by atoms with Gasteiger partial charge >= 0.3 is 0 Å². The molecule has 21 heavy (non-hydrogen) atoms. The van der Waals surface area contributed by atoms with Crippen LogP contribution in [0.15, 0.2) is 48.5 Å². The number of hydrogen-bond donors (Lipinski definition) is 1. The lowest BCUT2D eigenvalue weighted by atomic mass is 9.98. The van der Waals surface area contributed by atoms with Crippen molar-refractivity contribution < 1.29 is 0 Å². The molecule has 0 spiro atoms. The Hall–Kier alpha value is -1.60. The van der Waals surface area contributed by atoms with E-state index < -0.39 is 0 Å². The molecule has 2 aromatic carbocycles. The largest absolute Gasteiger partial charge is 0.303 e. The Balaban J connectivity index is 1.76. The maximum absolute atomic E-state index is 3.85. The lowest BCUT2D eigenvalue weighted by molar-refractivity contribution is 0.427. The standard InChI is InChI=1S/C20H25N/c1-14-4-8-17(9-5-14)16(3)21-20(19-12-13-19)18-10-6-15(2)7-11-18/h4-11,16,19-21H,12-13H2,1-3H3. The molecule has 1 nitrogen and oxygen atoms in total. The van der Waals surface area contributed by atoms with Crippen molar-refractivity contribution in [1.29, 1.82) is 0 Å². The fourth-order valence-corrected chi connectivity index (χ4v) is 2.93. The molecule has 0 aromatic heterocycles. The number of hydrogen-bond acceptors (Lipinski definition) is 1. The quantitative estimate of drug-likeness (QED) is 0.802. The third-order valence-corrected chi connectivity index (χ3v) is 4.54.